The first-order valence-electron chi connectivity index (χ1n) is 7.46. The third kappa shape index (κ3) is 4.69. The highest BCUT2D eigenvalue weighted by Gasteiger charge is 2.10. The van der Waals surface area contributed by atoms with Crippen molar-refractivity contribution in [3.63, 3.8) is 0 Å². The SMILES string of the molecule is C=C(CC)C(=O)c1ccc(OCCN2CCOCC2)cc1. The molecule has 1 aromatic rings. The molecule has 1 aliphatic rings. The van der Waals surface area contributed by atoms with Crippen LogP contribution in [0.4, 0.5) is 0 Å². The Labute approximate surface area is 126 Å². The number of morpholine rings is 1. The average molecular weight is 289 g/mol. The van der Waals surface area contributed by atoms with Gasteiger partial charge < -0.3 is 9.47 Å². The van der Waals surface area contributed by atoms with E-state index in [1.165, 1.54) is 0 Å². The van der Waals surface area contributed by atoms with E-state index in [0.717, 1.165) is 38.6 Å². The maximum absolute atomic E-state index is 11.9. The Balaban J connectivity index is 1.79. The van der Waals surface area contributed by atoms with Crippen molar-refractivity contribution in [3.05, 3.63) is 42.0 Å². The fourth-order valence-electron chi connectivity index (χ4n) is 2.18. The fraction of sp³-hybridized carbons (Fsp3) is 0.471. The van der Waals surface area contributed by atoms with Crippen LogP contribution in [-0.4, -0.2) is 50.1 Å². The van der Waals surface area contributed by atoms with Crippen LogP contribution in [-0.2, 0) is 4.74 Å². The van der Waals surface area contributed by atoms with E-state index in [0.29, 0.717) is 24.2 Å². The Kier molecular flexibility index (Phi) is 5.96. The molecule has 4 heteroatoms. The summed E-state index contributed by atoms with van der Waals surface area (Å²) in [5.41, 5.74) is 1.30. The number of ether oxygens (including phenoxy) is 2. The second kappa shape index (κ2) is 7.96. The summed E-state index contributed by atoms with van der Waals surface area (Å²) < 4.78 is 11.0. The van der Waals surface area contributed by atoms with Gasteiger partial charge in [-0.15, -0.1) is 0 Å². The molecule has 0 amide bonds. The standard InChI is InChI=1S/C17H23NO3/c1-3-14(2)17(19)15-4-6-16(7-5-15)21-13-10-18-8-11-20-12-9-18/h4-7H,2-3,8-13H2,1H3. The molecule has 0 N–H and O–H groups in total. The highest BCUT2D eigenvalue weighted by atomic mass is 16.5. The molecule has 0 atom stereocenters. The summed E-state index contributed by atoms with van der Waals surface area (Å²) >= 11 is 0. The van der Waals surface area contributed by atoms with Gasteiger partial charge in [-0.2, -0.15) is 0 Å². The van der Waals surface area contributed by atoms with Crippen molar-refractivity contribution in [1.29, 1.82) is 0 Å². The number of hydrogen-bond acceptors (Lipinski definition) is 4. The second-order valence-electron chi connectivity index (χ2n) is 5.11. The number of allylic oxidation sites excluding steroid dienone is 1. The third-order valence-corrected chi connectivity index (χ3v) is 3.64. The van der Waals surface area contributed by atoms with Gasteiger partial charge in [-0.1, -0.05) is 13.5 Å². The predicted octanol–water partition coefficient (Wildman–Crippen LogP) is 2.55. The lowest BCUT2D eigenvalue weighted by Gasteiger charge is -2.26. The zero-order chi connectivity index (χ0) is 15.1. The fourth-order valence-corrected chi connectivity index (χ4v) is 2.18. The molecule has 1 saturated heterocycles. The summed E-state index contributed by atoms with van der Waals surface area (Å²) in [5, 5.41) is 0. The molecule has 4 nitrogen and oxygen atoms in total. The maximum atomic E-state index is 11.9. The van der Waals surface area contributed by atoms with Crippen molar-refractivity contribution in [3.8, 4) is 5.75 Å². The number of benzene rings is 1. The second-order valence-corrected chi connectivity index (χ2v) is 5.11. The Bertz CT molecular complexity index is 475. The van der Waals surface area contributed by atoms with Crippen LogP contribution >= 0.6 is 0 Å². The van der Waals surface area contributed by atoms with Crippen molar-refractivity contribution in [2.45, 2.75) is 13.3 Å². The first-order chi connectivity index (χ1) is 10.2. The molecular weight excluding hydrogens is 266 g/mol. The molecule has 2 rings (SSSR count). The van der Waals surface area contributed by atoms with E-state index in [-0.39, 0.29) is 5.78 Å². The molecule has 1 fully saturated rings. The van der Waals surface area contributed by atoms with Gasteiger partial charge in [0.1, 0.15) is 12.4 Å². The van der Waals surface area contributed by atoms with Gasteiger partial charge in [0.2, 0.25) is 0 Å². The molecule has 0 unspecified atom stereocenters. The number of ketones is 1. The number of nitrogens with zero attached hydrogens (tertiary/aromatic N) is 1. The maximum Gasteiger partial charge on any atom is 0.188 e. The third-order valence-electron chi connectivity index (χ3n) is 3.64. The van der Waals surface area contributed by atoms with Crippen molar-refractivity contribution < 1.29 is 14.3 Å². The quantitative estimate of drug-likeness (QED) is 0.571. The minimum Gasteiger partial charge on any atom is -0.492 e. The summed E-state index contributed by atoms with van der Waals surface area (Å²) in [6.07, 6.45) is 0.677. The molecule has 1 aromatic carbocycles. The Morgan fingerprint density at radius 1 is 1.29 bits per heavy atom. The summed E-state index contributed by atoms with van der Waals surface area (Å²) in [6.45, 7) is 10.8. The zero-order valence-electron chi connectivity index (χ0n) is 12.6. The Morgan fingerprint density at radius 3 is 2.57 bits per heavy atom. The number of carbonyl (C=O) groups is 1. The summed E-state index contributed by atoms with van der Waals surface area (Å²) in [6, 6.07) is 7.28. The van der Waals surface area contributed by atoms with Gasteiger partial charge in [-0.25, -0.2) is 0 Å². The topological polar surface area (TPSA) is 38.8 Å². The van der Waals surface area contributed by atoms with E-state index in [1.807, 2.05) is 19.1 Å². The van der Waals surface area contributed by atoms with Gasteiger partial charge in [0, 0.05) is 25.2 Å². The Morgan fingerprint density at radius 2 is 1.95 bits per heavy atom. The van der Waals surface area contributed by atoms with Crippen LogP contribution in [0, 0.1) is 0 Å². The van der Waals surface area contributed by atoms with E-state index >= 15 is 0 Å². The minimum atomic E-state index is 0.0115. The zero-order valence-corrected chi connectivity index (χ0v) is 12.6. The number of Topliss-reactive ketones (excluding diaryl/α,β-unsaturated/α-hetero) is 1. The summed E-state index contributed by atoms with van der Waals surface area (Å²) in [5.74, 6) is 0.805. The molecule has 114 valence electrons. The van der Waals surface area contributed by atoms with Crippen LogP contribution in [0.25, 0.3) is 0 Å². The molecule has 0 radical (unpaired) electrons. The molecule has 0 saturated carbocycles. The highest BCUT2D eigenvalue weighted by Crippen LogP contribution is 2.15. The van der Waals surface area contributed by atoms with E-state index in [1.54, 1.807) is 12.1 Å². The molecule has 1 aliphatic heterocycles. The van der Waals surface area contributed by atoms with Gasteiger partial charge in [0.05, 0.1) is 13.2 Å². The van der Waals surface area contributed by atoms with E-state index in [4.69, 9.17) is 9.47 Å². The number of carbonyl (C=O) groups excluding carboxylic acids is 1. The monoisotopic (exact) mass is 289 g/mol. The first kappa shape index (κ1) is 15.7. The molecule has 0 bridgehead atoms. The van der Waals surface area contributed by atoms with Crippen LogP contribution in [0.2, 0.25) is 0 Å². The minimum absolute atomic E-state index is 0.0115. The van der Waals surface area contributed by atoms with Crippen molar-refractivity contribution >= 4 is 5.78 Å². The number of rotatable bonds is 7. The van der Waals surface area contributed by atoms with Crippen LogP contribution in [0.5, 0.6) is 5.75 Å². The van der Waals surface area contributed by atoms with Crippen LogP contribution in [0.3, 0.4) is 0 Å². The van der Waals surface area contributed by atoms with Crippen LogP contribution < -0.4 is 4.74 Å². The van der Waals surface area contributed by atoms with Crippen LogP contribution in [0.1, 0.15) is 23.7 Å². The smallest absolute Gasteiger partial charge is 0.188 e. The van der Waals surface area contributed by atoms with E-state index in [2.05, 4.69) is 11.5 Å². The lowest BCUT2D eigenvalue weighted by molar-refractivity contribution is 0.0322. The van der Waals surface area contributed by atoms with E-state index < -0.39 is 0 Å². The van der Waals surface area contributed by atoms with Crippen molar-refractivity contribution in [2.24, 2.45) is 0 Å². The van der Waals surface area contributed by atoms with Gasteiger partial charge >= 0.3 is 0 Å². The van der Waals surface area contributed by atoms with Gasteiger partial charge in [-0.05, 0) is 36.3 Å². The largest absolute Gasteiger partial charge is 0.492 e. The molecule has 0 aliphatic carbocycles. The average Bonchev–Trinajstić information content (AvgIpc) is 2.55. The summed E-state index contributed by atoms with van der Waals surface area (Å²) in [7, 11) is 0. The molecule has 1 heterocycles. The predicted molar refractivity (Wildman–Crippen MR) is 83.0 cm³/mol. The lowest BCUT2D eigenvalue weighted by Crippen LogP contribution is -2.38. The highest BCUT2D eigenvalue weighted by molar-refractivity contribution is 6.08. The van der Waals surface area contributed by atoms with Gasteiger partial charge in [-0.3, -0.25) is 9.69 Å². The molecular formula is C17H23NO3. The number of hydrogen-bond donors (Lipinski definition) is 0. The van der Waals surface area contributed by atoms with Crippen molar-refractivity contribution in [2.75, 3.05) is 39.5 Å². The van der Waals surface area contributed by atoms with Gasteiger partial charge in [0.15, 0.2) is 5.78 Å². The van der Waals surface area contributed by atoms with Crippen LogP contribution in [0.15, 0.2) is 36.4 Å². The first-order valence-corrected chi connectivity index (χ1v) is 7.46. The van der Waals surface area contributed by atoms with E-state index in [9.17, 15) is 4.79 Å². The molecule has 21 heavy (non-hydrogen) atoms. The van der Waals surface area contributed by atoms with Gasteiger partial charge in [0.25, 0.3) is 0 Å². The lowest BCUT2D eigenvalue weighted by atomic mass is 10.0. The molecule has 0 aromatic heterocycles. The molecule has 0 spiro atoms. The normalized spacial score (nSPS) is 15.7. The summed E-state index contributed by atoms with van der Waals surface area (Å²) in [4.78, 5) is 14.3. The Hall–Kier alpha value is -1.65. The van der Waals surface area contributed by atoms with Crippen molar-refractivity contribution in [1.82, 2.24) is 4.90 Å².